The van der Waals surface area contributed by atoms with E-state index >= 15 is 0 Å². The fraction of sp³-hybridized carbons (Fsp3) is 1.00. The lowest BCUT2D eigenvalue weighted by atomic mass is 10.5. The van der Waals surface area contributed by atoms with Gasteiger partial charge in [0.1, 0.15) is 0 Å². The van der Waals surface area contributed by atoms with Crippen molar-refractivity contribution in [2.75, 3.05) is 19.8 Å². The molecule has 0 aromatic heterocycles. The van der Waals surface area contributed by atoms with Gasteiger partial charge in [0, 0.05) is 0 Å². The molecule has 0 aliphatic rings. The Hall–Kier alpha value is -0.160. The Morgan fingerprint density at radius 2 is 1.07 bits per heavy atom. The molecule has 14 heavy (non-hydrogen) atoms. The summed E-state index contributed by atoms with van der Waals surface area (Å²) in [5.41, 5.74) is 5.79. The van der Waals surface area contributed by atoms with Gasteiger partial charge in [-0.1, -0.05) is 20.8 Å². The Morgan fingerprint density at radius 1 is 0.786 bits per heavy atom. The van der Waals surface area contributed by atoms with Gasteiger partial charge in [-0.25, -0.2) is 0 Å². The van der Waals surface area contributed by atoms with Crippen molar-refractivity contribution >= 4 is 0 Å². The summed E-state index contributed by atoms with van der Waals surface area (Å²) < 4.78 is 15.9. The molecule has 4 heteroatoms. The van der Waals surface area contributed by atoms with Crippen LogP contribution < -0.4 is 5.73 Å². The van der Waals surface area contributed by atoms with Crippen molar-refractivity contribution in [2.45, 2.75) is 46.1 Å². The van der Waals surface area contributed by atoms with Gasteiger partial charge in [0.2, 0.25) is 0 Å². The summed E-state index contributed by atoms with van der Waals surface area (Å²) in [5.74, 6) is 0. The number of nitrogens with two attached hydrogens (primary N) is 1. The molecule has 0 rings (SSSR count). The number of hydrogen-bond donors (Lipinski definition) is 1. The average molecular weight is 205 g/mol. The summed E-state index contributed by atoms with van der Waals surface area (Å²) in [7, 11) is 0. The van der Waals surface area contributed by atoms with Gasteiger partial charge in [-0.15, -0.1) is 0 Å². The third kappa shape index (κ3) is 6.32. The monoisotopic (exact) mass is 205 g/mol. The topological polar surface area (TPSA) is 53.7 Å². The molecule has 0 heterocycles. The quantitative estimate of drug-likeness (QED) is 0.583. The molecule has 0 atom stereocenters. The molecule has 0 aliphatic carbocycles. The lowest BCUT2D eigenvalue weighted by Crippen LogP contribution is -2.49. The first-order chi connectivity index (χ1) is 6.68. The van der Waals surface area contributed by atoms with E-state index in [1.807, 2.05) is 20.8 Å². The predicted molar refractivity (Wildman–Crippen MR) is 55.6 cm³/mol. The van der Waals surface area contributed by atoms with Crippen molar-refractivity contribution in [3.63, 3.8) is 0 Å². The molecule has 0 saturated heterocycles. The lowest BCUT2D eigenvalue weighted by Gasteiger charge is -2.28. The molecule has 0 unspecified atom stereocenters. The second kappa shape index (κ2) is 8.17. The highest BCUT2D eigenvalue weighted by Crippen LogP contribution is 2.09. The van der Waals surface area contributed by atoms with E-state index in [4.69, 9.17) is 19.9 Å². The van der Waals surface area contributed by atoms with Crippen LogP contribution in [0.2, 0.25) is 0 Å². The van der Waals surface area contributed by atoms with Crippen LogP contribution in [-0.4, -0.2) is 25.9 Å². The normalized spacial score (nSPS) is 12.0. The first-order valence-corrected chi connectivity index (χ1v) is 5.39. The zero-order chi connectivity index (χ0) is 10.9. The zero-order valence-corrected chi connectivity index (χ0v) is 9.54. The predicted octanol–water partition coefficient (Wildman–Crippen LogP) is 1.84. The first-order valence-electron chi connectivity index (χ1n) is 5.39. The lowest BCUT2D eigenvalue weighted by molar-refractivity contribution is -0.377. The highest BCUT2D eigenvalue weighted by molar-refractivity contribution is 4.46. The second-order valence-corrected chi connectivity index (χ2v) is 3.15. The molecular formula is C10H23NO3. The van der Waals surface area contributed by atoms with Crippen molar-refractivity contribution in [3.05, 3.63) is 0 Å². The van der Waals surface area contributed by atoms with Crippen LogP contribution in [0.1, 0.15) is 40.0 Å². The molecule has 0 radical (unpaired) electrons. The van der Waals surface area contributed by atoms with Crippen molar-refractivity contribution in [3.8, 4) is 0 Å². The van der Waals surface area contributed by atoms with Crippen LogP contribution in [0.4, 0.5) is 0 Å². The van der Waals surface area contributed by atoms with Gasteiger partial charge in [-0.2, -0.15) is 0 Å². The Labute approximate surface area is 86.7 Å². The van der Waals surface area contributed by atoms with Crippen LogP contribution in [-0.2, 0) is 14.2 Å². The first kappa shape index (κ1) is 13.8. The Bertz CT molecular complexity index is 109. The molecule has 2 N–H and O–H groups in total. The Kier molecular flexibility index (Phi) is 8.08. The summed E-state index contributed by atoms with van der Waals surface area (Å²) in [6.07, 6.45) is 1.33. The molecular weight excluding hydrogens is 182 g/mol. The highest BCUT2D eigenvalue weighted by Gasteiger charge is 2.27. The van der Waals surface area contributed by atoms with Gasteiger partial charge in [0.25, 0.3) is 0 Å². The van der Waals surface area contributed by atoms with E-state index in [2.05, 4.69) is 0 Å². The minimum atomic E-state index is -1.35. The fourth-order valence-electron chi connectivity index (χ4n) is 0.858. The maximum absolute atomic E-state index is 5.79. The van der Waals surface area contributed by atoms with Gasteiger partial charge in [-0.05, 0) is 19.3 Å². The zero-order valence-electron chi connectivity index (χ0n) is 9.54. The maximum atomic E-state index is 5.79. The van der Waals surface area contributed by atoms with Gasteiger partial charge in [-0.3, -0.25) is 5.73 Å². The Balaban J connectivity index is 3.89. The molecule has 0 saturated carbocycles. The van der Waals surface area contributed by atoms with E-state index < -0.39 is 6.10 Å². The van der Waals surface area contributed by atoms with E-state index in [-0.39, 0.29) is 0 Å². The third-order valence-electron chi connectivity index (χ3n) is 1.52. The van der Waals surface area contributed by atoms with Gasteiger partial charge in [0.05, 0.1) is 19.8 Å². The van der Waals surface area contributed by atoms with Crippen LogP contribution >= 0.6 is 0 Å². The summed E-state index contributed by atoms with van der Waals surface area (Å²) >= 11 is 0. The Morgan fingerprint density at radius 3 is 1.29 bits per heavy atom. The minimum Gasteiger partial charge on any atom is -0.314 e. The summed E-state index contributed by atoms with van der Waals surface area (Å²) in [6, 6.07) is 0. The summed E-state index contributed by atoms with van der Waals surface area (Å²) in [5, 5.41) is 0. The average Bonchev–Trinajstić information content (AvgIpc) is 2.21. The SMILES string of the molecule is CCCOC(N)(OCCC)OCCC. The summed E-state index contributed by atoms with van der Waals surface area (Å²) in [6.45, 7) is 7.68. The molecule has 86 valence electrons. The van der Waals surface area contributed by atoms with Gasteiger partial charge < -0.3 is 14.2 Å². The van der Waals surface area contributed by atoms with Crippen molar-refractivity contribution in [2.24, 2.45) is 5.73 Å². The van der Waals surface area contributed by atoms with E-state index in [1.54, 1.807) is 0 Å². The van der Waals surface area contributed by atoms with Crippen LogP contribution in [0.3, 0.4) is 0 Å². The maximum Gasteiger partial charge on any atom is 0.348 e. The minimum absolute atomic E-state index is 0.546. The molecule has 0 aromatic rings. The van der Waals surface area contributed by atoms with Crippen LogP contribution in [0.5, 0.6) is 0 Å². The third-order valence-corrected chi connectivity index (χ3v) is 1.52. The highest BCUT2D eigenvalue weighted by atomic mass is 16.9. The van der Waals surface area contributed by atoms with Gasteiger partial charge in [0.15, 0.2) is 0 Å². The van der Waals surface area contributed by atoms with Crippen LogP contribution in [0.25, 0.3) is 0 Å². The van der Waals surface area contributed by atoms with Crippen molar-refractivity contribution < 1.29 is 14.2 Å². The molecule has 0 aromatic carbocycles. The second-order valence-electron chi connectivity index (χ2n) is 3.15. The standard InChI is InChI=1S/C10H23NO3/c1-4-7-12-10(11,13-8-5-2)14-9-6-3/h4-9,11H2,1-3H3. The number of rotatable bonds is 9. The molecule has 0 spiro atoms. The van der Waals surface area contributed by atoms with Crippen LogP contribution in [0, 0.1) is 0 Å². The van der Waals surface area contributed by atoms with E-state index in [9.17, 15) is 0 Å². The van der Waals surface area contributed by atoms with Gasteiger partial charge >= 0.3 is 6.10 Å². The molecule has 0 bridgehead atoms. The largest absolute Gasteiger partial charge is 0.348 e. The summed E-state index contributed by atoms with van der Waals surface area (Å²) in [4.78, 5) is 0. The van der Waals surface area contributed by atoms with E-state index in [0.717, 1.165) is 19.3 Å². The smallest absolute Gasteiger partial charge is 0.314 e. The number of ether oxygens (including phenoxy) is 3. The fourth-order valence-corrected chi connectivity index (χ4v) is 0.858. The van der Waals surface area contributed by atoms with E-state index in [0.29, 0.717) is 19.8 Å². The van der Waals surface area contributed by atoms with Crippen molar-refractivity contribution in [1.29, 1.82) is 0 Å². The van der Waals surface area contributed by atoms with Crippen molar-refractivity contribution in [1.82, 2.24) is 0 Å². The molecule has 0 fully saturated rings. The van der Waals surface area contributed by atoms with E-state index in [1.165, 1.54) is 0 Å². The molecule has 0 aliphatic heterocycles. The van der Waals surface area contributed by atoms with Crippen LogP contribution in [0.15, 0.2) is 0 Å². The number of hydrogen-bond acceptors (Lipinski definition) is 4. The molecule has 0 amide bonds. The molecule has 4 nitrogen and oxygen atoms in total.